The van der Waals surface area contributed by atoms with E-state index < -0.39 is 0 Å². The van der Waals surface area contributed by atoms with Crippen molar-refractivity contribution in [1.29, 1.82) is 0 Å². The zero-order valence-electron chi connectivity index (χ0n) is 12.5. The highest BCUT2D eigenvalue weighted by atomic mass is 79.9. The molecule has 3 nitrogen and oxygen atoms in total. The van der Waals surface area contributed by atoms with Crippen LogP contribution in [0.1, 0.15) is 11.3 Å². The van der Waals surface area contributed by atoms with Crippen molar-refractivity contribution in [1.82, 2.24) is 9.97 Å². The summed E-state index contributed by atoms with van der Waals surface area (Å²) in [5, 5.41) is 3.33. The molecule has 0 saturated carbocycles. The molecule has 1 N–H and O–H groups in total. The number of anilines is 2. The van der Waals surface area contributed by atoms with Crippen molar-refractivity contribution in [3.63, 3.8) is 0 Å². The Morgan fingerprint density at radius 1 is 0.864 bits per heavy atom. The van der Waals surface area contributed by atoms with Crippen molar-refractivity contribution in [2.45, 2.75) is 13.8 Å². The smallest absolute Gasteiger partial charge is 0.161 e. The van der Waals surface area contributed by atoms with E-state index in [0.29, 0.717) is 0 Å². The topological polar surface area (TPSA) is 37.8 Å². The number of benzene rings is 2. The van der Waals surface area contributed by atoms with Crippen LogP contribution in [-0.4, -0.2) is 9.97 Å². The first-order valence-electron chi connectivity index (χ1n) is 7.05. The summed E-state index contributed by atoms with van der Waals surface area (Å²) < 4.78 is 1.04. The number of hydrogen-bond acceptors (Lipinski definition) is 3. The van der Waals surface area contributed by atoms with Crippen LogP contribution in [0.15, 0.2) is 59.1 Å². The van der Waals surface area contributed by atoms with Gasteiger partial charge in [0.05, 0.1) is 0 Å². The molecule has 22 heavy (non-hydrogen) atoms. The summed E-state index contributed by atoms with van der Waals surface area (Å²) in [7, 11) is 0. The second kappa shape index (κ2) is 6.28. The largest absolute Gasteiger partial charge is 0.340 e. The summed E-state index contributed by atoms with van der Waals surface area (Å²) >= 11 is 3.44. The van der Waals surface area contributed by atoms with Gasteiger partial charge in [-0.3, -0.25) is 0 Å². The molecule has 0 aliphatic heterocycles. The Morgan fingerprint density at radius 2 is 1.55 bits per heavy atom. The Balaban J connectivity index is 1.92. The van der Waals surface area contributed by atoms with Crippen LogP contribution in [-0.2, 0) is 0 Å². The van der Waals surface area contributed by atoms with Crippen molar-refractivity contribution in [2.24, 2.45) is 0 Å². The van der Waals surface area contributed by atoms with Gasteiger partial charge in [0, 0.05) is 27.5 Å². The maximum Gasteiger partial charge on any atom is 0.161 e. The molecule has 0 aliphatic carbocycles. The number of rotatable bonds is 3. The van der Waals surface area contributed by atoms with Crippen molar-refractivity contribution in [3.8, 4) is 11.4 Å². The lowest BCUT2D eigenvalue weighted by molar-refractivity contribution is 1.11. The maximum absolute atomic E-state index is 4.61. The Bertz CT molecular complexity index is 780. The van der Waals surface area contributed by atoms with Crippen molar-refractivity contribution in [3.05, 3.63) is 70.3 Å². The van der Waals surface area contributed by atoms with Gasteiger partial charge in [0.25, 0.3) is 0 Å². The fourth-order valence-electron chi connectivity index (χ4n) is 2.15. The van der Waals surface area contributed by atoms with E-state index in [-0.39, 0.29) is 0 Å². The van der Waals surface area contributed by atoms with Gasteiger partial charge in [0.1, 0.15) is 5.82 Å². The van der Waals surface area contributed by atoms with Crippen molar-refractivity contribution in [2.75, 3.05) is 5.32 Å². The van der Waals surface area contributed by atoms with E-state index in [2.05, 4.69) is 50.3 Å². The zero-order chi connectivity index (χ0) is 15.5. The molecule has 110 valence electrons. The third-order valence-corrected chi connectivity index (χ3v) is 3.81. The standard InChI is InChI=1S/C18H16BrN3/c1-12-3-9-16(10-4-12)21-17-11-13(2)20-18(22-17)14-5-7-15(19)8-6-14/h3-11H,1-2H3,(H,20,21,22). The van der Waals surface area contributed by atoms with E-state index in [0.717, 1.165) is 33.1 Å². The molecule has 3 rings (SSSR count). The summed E-state index contributed by atoms with van der Waals surface area (Å²) in [5.41, 5.74) is 4.19. The predicted octanol–water partition coefficient (Wildman–Crippen LogP) is 5.27. The van der Waals surface area contributed by atoms with E-state index >= 15 is 0 Å². The van der Waals surface area contributed by atoms with Gasteiger partial charge >= 0.3 is 0 Å². The average molecular weight is 354 g/mol. The quantitative estimate of drug-likeness (QED) is 0.697. The molecule has 0 amide bonds. The second-order valence-electron chi connectivity index (χ2n) is 5.22. The molecule has 0 fully saturated rings. The van der Waals surface area contributed by atoms with Crippen LogP contribution >= 0.6 is 15.9 Å². The molecule has 0 atom stereocenters. The first kappa shape index (κ1) is 14.7. The minimum atomic E-state index is 0.724. The molecule has 0 bridgehead atoms. The van der Waals surface area contributed by atoms with Gasteiger partial charge in [-0.2, -0.15) is 0 Å². The van der Waals surface area contributed by atoms with Gasteiger partial charge in [-0.1, -0.05) is 45.8 Å². The minimum absolute atomic E-state index is 0.724. The van der Waals surface area contributed by atoms with Crippen molar-refractivity contribution >= 4 is 27.4 Å². The van der Waals surface area contributed by atoms with Crippen LogP contribution in [0, 0.1) is 13.8 Å². The molecule has 0 unspecified atom stereocenters. The van der Waals surface area contributed by atoms with Gasteiger partial charge in [-0.05, 0) is 38.1 Å². The molecule has 1 aromatic heterocycles. The van der Waals surface area contributed by atoms with Gasteiger partial charge in [0.2, 0.25) is 0 Å². The molecule has 0 radical (unpaired) electrons. The SMILES string of the molecule is Cc1ccc(Nc2cc(C)nc(-c3ccc(Br)cc3)n2)cc1. The predicted molar refractivity (Wildman–Crippen MR) is 94.4 cm³/mol. The second-order valence-corrected chi connectivity index (χ2v) is 6.13. The third-order valence-electron chi connectivity index (χ3n) is 3.28. The fraction of sp³-hybridized carbons (Fsp3) is 0.111. The summed E-state index contributed by atoms with van der Waals surface area (Å²) in [6.45, 7) is 4.05. The summed E-state index contributed by atoms with van der Waals surface area (Å²) in [6.07, 6.45) is 0. The zero-order valence-corrected chi connectivity index (χ0v) is 14.1. The Hall–Kier alpha value is -2.20. The number of hydrogen-bond donors (Lipinski definition) is 1. The van der Waals surface area contributed by atoms with E-state index in [1.807, 2.05) is 49.4 Å². The molecule has 0 saturated heterocycles. The summed E-state index contributed by atoms with van der Waals surface area (Å²) in [5.74, 6) is 1.52. The Labute approximate surface area is 138 Å². The third kappa shape index (κ3) is 3.52. The van der Waals surface area contributed by atoms with Crippen LogP contribution < -0.4 is 5.32 Å². The molecule has 2 aromatic carbocycles. The Morgan fingerprint density at radius 3 is 2.23 bits per heavy atom. The number of aryl methyl sites for hydroxylation is 2. The normalized spacial score (nSPS) is 10.5. The van der Waals surface area contributed by atoms with Gasteiger partial charge in [0.15, 0.2) is 5.82 Å². The van der Waals surface area contributed by atoms with Crippen LogP contribution in [0.3, 0.4) is 0 Å². The molecular weight excluding hydrogens is 338 g/mol. The molecular formula is C18H16BrN3. The van der Waals surface area contributed by atoms with E-state index in [9.17, 15) is 0 Å². The van der Waals surface area contributed by atoms with Crippen LogP contribution in [0.4, 0.5) is 11.5 Å². The molecule has 0 spiro atoms. The first-order chi connectivity index (χ1) is 10.6. The maximum atomic E-state index is 4.61. The van der Waals surface area contributed by atoms with Gasteiger partial charge < -0.3 is 5.32 Å². The molecule has 1 heterocycles. The first-order valence-corrected chi connectivity index (χ1v) is 7.85. The summed E-state index contributed by atoms with van der Waals surface area (Å²) in [6, 6.07) is 18.2. The lowest BCUT2D eigenvalue weighted by atomic mass is 10.2. The van der Waals surface area contributed by atoms with Gasteiger partial charge in [-0.25, -0.2) is 9.97 Å². The number of nitrogens with zero attached hydrogens (tertiary/aromatic N) is 2. The van der Waals surface area contributed by atoms with Crippen LogP contribution in [0.5, 0.6) is 0 Å². The van der Waals surface area contributed by atoms with E-state index in [4.69, 9.17) is 0 Å². The lowest BCUT2D eigenvalue weighted by Gasteiger charge is -2.09. The highest BCUT2D eigenvalue weighted by molar-refractivity contribution is 9.10. The summed E-state index contributed by atoms with van der Waals surface area (Å²) in [4.78, 5) is 9.14. The van der Waals surface area contributed by atoms with Crippen LogP contribution in [0.2, 0.25) is 0 Å². The highest BCUT2D eigenvalue weighted by Crippen LogP contribution is 2.22. The lowest BCUT2D eigenvalue weighted by Crippen LogP contribution is -1.99. The molecule has 4 heteroatoms. The van der Waals surface area contributed by atoms with E-state index in [1.54, 1.807) is 0 Å². The average Bonchev–Trinajstić information content (AvgIpc) is 2.50. The van der Waals surface area contributed by atoms with E-state index in [1.165, 1.54) is 5.56 Å². The Kier molecular flexibility index (Phi) is 4.20. The fourth-order valence-corrected chi connectivity index (χ4v) is 2.41. The van der Waals surface area contributed by atoms with Crippen molar-refractivity contribution < 1.29 is 0 Å². The van der Waals surface area contributed by atoms with Gasteiger partial charge in [-0.15, -0.1) is 0 Å². The minimum Gasteiger partial charge on any atom is -0.340 e. The molecule has 3 aromatic rings. The number of halogens is 1. The number of aromatic nitrogens is 2. The van der Waals surface area contributed by atoms with Crippen LogP contribution in [0.25, 0.3) is 11.4 Å². The monoisotopic (exact) mass is 353 g/mol. The highest BCUT2D eigenvalue weighted by Gasteiger charge is 2.05. The number of nitrogens with one attached hydrogen (secondary N) is 1. The molecule has 0 aliphatic rings.